The zero-order chi connectivity index (χ0) is 13.7. The second-order valence-electron chi connectivity index (χ2n) is 4.89. The van der Waals surface area contributed by atoms with Gasteiger partial charge < -0.3 is 10.4 Å². The summed E-state index contributed by atoms with van der Waals surface area (Å²) in [7, 11) is 0. The summed E-state index contributed by atoms with van der Waals surface area (Å²) in [5, 5.41) is 11.6. The highest BCUT2D eigenvalue weighted by atomic mass is 16.4. The van der Waals surface area contributed by atoms with Crippen LogP contribution in [0.2, 0.25) is 0 Å². The fraction of sp³-hybridized carbons (Fsp3) is 0.429. The molecule has 1 amide bonds. The molecule has 0 radical (unpaired) electrons. The van der Waals surface area contributed by atoms with Crippen molar-refractivity contribution in [3.8, 4) is 0 Å². The van der Waals surface area contributed by atoms with Crippen molar-refractivity contribution >= 4 is 11.9 Å². The highest BCUT2D eigenvalue weighted by molar-refractivity contribution is 5.96. The average Bonchev–Trinajstić information content (AvgIpc) is 2.27. The molecule has 0 saturated heterocycles. The predicted octanol–water partition coefficient (Wildman–Crippen LogP) is 2.55. The van der Waals surface area contributed by atoms with Crippen LogP contribution in [0.4, 0.5) is 0 Å². The molecule has 1 atom stereocenters. The topological polar surface area (TPSA) is 66.4 Å². The standard InChI is InChI=1S/C14H19NO3/c1-9(2)8-10(3)15-13(16)11-4-6-12(7-5-11)14(17)18/h4-7,9-10H,8H2,1-3H3,(H,15,16)(H,17,18). The van der Waals surface area contributed by atoms with Gasteiger partial charge in [-0.3, -0.25) is 4.79 Å². The molecular weight excluding hydrogens is 230 g/mol. The van der Waals surface area contributed by atoms with Crippen LogP contribution in [0.5, 0.6) is 0 Å². The second-order valence-corrected chi connectivity index (χ2v) is 4.89. The lowest BCUT2D eigenvalue weighted by atomic mass is 10.0. The largest absolute Gasteiger partial charge is 0.478 e. The molecule has 1 aromatic rings. The average molecular weight is 249 g/mol. The number of nitrogens with one attached hydrogen (secondary N) is 1. The van der Waals surface area contributed by atoms with Crippen molar-refractivity contribution in [2.75, 3.05) is 0 Å². The van der Waals surface area contributed by atoms with Crippen LogP contribution >= 0.6 is 0 Å². The number of carbonyl (C=O) groups excluding carboxylic acids is 1. The number of hydrogen-bond donors (Lipinski definition) is 2. The maximum Gasteiger partial charge on any atom is 0.335 e. The van der Waals surface area contributed by atoms with E-state index in [0.717, 1.165) is 6.42 Å². The molecule has 4 heteroatoms. The maximum absolute atomic E-state index is 11.9. The molecule has 0 spiro atoms. The summed E-state index contributed by atoms with van der Waals surface area (Å²) in [5.41, 5.74) is 0.664. The Balaban J connectivity index is 2.64. The predicted molar refractivity (Wildman–Crippen MR) is 69.8 cm³/mol. The van der Waals surface area contributed by atoms with E-state index in [2.05, 4.69) is 19.2 Å². The van der Waals surface area contributed by atoms with Crippen LogP contribution in [-0.4, -0.2) is 23.0 Å². The van der Waals surface area contributed by atoms with Gasteiger partial charge in [0.1, 0.15) is 0 Å². The molecule has 0 aliphatic rings. The summed E-state index contributed by atoms with van der Waals surface area (Å²) in [6.45, 7) is 6.16. The minimum atomic E-state index is -0.991. The Kier molecular flexibility index (Phi) is 4.89. The number of amides is 1. The molecule has 4 nitrogen and oxygen atoms in total. The van der Waals surface area contributed by atoms with E-state index >= 15 is 0 Å². The Hall–Kier alpha value is -1.84. The molecule has 18 heavy (non-hydrogen) atoms. The summed E-state index contributed by atoms with van der Waals surface area (Å²) in [4.78, 5) is 22.5. The third-order valence-electron chi connectivity index (χ3n) is 2.60. The summed E-state index contributed by atoms with van der Waals surface area (Å²) < 4.78 is 0. The second kappa shape index (κ2) is 6.19. The van der Waals surface area contributed by atoms with Crippen LogP contribution in [0.15, 0.2) is 24.3 Å². The number of hydrogen-bond acceptors (Lipinski definition) is 2. The third kappa shape index (κ3) is 4.20. The monoisotopic (exact) mass is 249 g/mol. The molecule has 98 valence electrons. The molecule has 2 N–H and O–H groups in total. The fourth-order valence-electron chi connectivity index (χ4n) is 1.84. The first-order chi connectivity index (χ1) is 8.40. The van der Waals surface area contributed by atoms with Gasteiger partial charge in [0.15, 0.2) is 0 Å². The molecule has 0 aromatic heterocycles. The number of benzene rings is 1. The Morgan fingerprint density at radius 1 is 1.11 bits per heavy atom. The number of aromatic carboxylic acids is 1. The van der Waals surface area contributed by atoms with Gasteiger partial charge in [0.2, 0.25) is 0 Å². The van der Waals surface area contributed by atoms with E-state index in [9.17, 15) is 9.59 Å². The van der Waals surface area contributed by atoms with E-state index in [1.54, 1.807) is 0 Å². The third-order valence-corrected chi connectivity index (χ3v) is 2.60. The van der Waals surface area contributed by atoms with E-state index in [-0.39, 0.29) is 17.5 Å². The lowest BCUT2D eigenvalue weighted by Gasteiger charge is -2.15. The van der Waals surface area contributed by atoms with E-state index in [4.69, 9.17) is 5.11 Å². The molecule has 1 unspecified atom stereocenters. The van der Waals surface area contributed by atoms with Gasteiger partial charge in [0, 0.05) is 11.6 Å². The van der Waals surface area contributed by atoms with Gasteiger partial charge >= 0.3 is 5.97 Å². The first-order valence-corrected chi connectivity index (χ1v) is 6.04. The quantitative estimate of drug-likeness (QED) is 0.842. The minimum Gasteiger partial charge on any atom is -0.478 e. The molecular formula is C14H19NO3. The first kappa shape index (κ1) is 14.2. The van der Waals surface area contributed by atoms with Crippen molar-refractivity contribution in [1.29, 1.82) is 0 Å². The number of rotatable bonds is 5. The fourth-order valence-corrected chi connectivity index (χ4v) is 1.84. The van der Waals surface area contributed by atoms with Gasteiger partial charge in [-0.1, -0.05) is 13.8 Å². The molecule has 0 saturated carbocycles. The molecule has 1 rings (SSSR count). The maximum atomic E-state index is 11.9. The summed E-state index contributed by atoms with van der Waals surface area (Å²) in [5.74, 6) is -0.634. The summed E-state index contributed by atoms with van der Waals surface area (Å²) >= 11 is 0. The van der Waals surface area contributed by atoms with Crippen molar-refractivity contribution in [2.24, 2.45) is 5.92 Å². The van der Waals surface area contributed by atoms with Crippen molar-refractivity contribution < 1.29 is 14.7 Å². The van der Waals surface area contributed by atoms with Gasteiger partial charge in [-0.15, -0.1) is 0 Å². The van der Waals surface area contributed by atoms with Crippen LogP contribution in [0, 0.1) is 5.92 Å². The Labute approximate surface area is 107 Å². The molecule has 0 bridgehead atoms. The first-order valence-electron chi connectivity index (χ1n) is 6.04. The smallest absolute Gasteiger partial charge is 0.335 e. The minimum absolute atomic E-state index is 0.108. The van der Waals surface area contributed by atoms with Gasteiger partial charge in [0.25, 0.3) is 5.91 Å². The van der Waals surface area contributed by atoms with Crippen molar-refractivity contribution in [2.45, 2.75) is 33.2 Å². The van der Waals surface area contributed by atoms with Crippen LogP contribution in [0.3, 0.4) is 0 Å². The summed E-state index contributed by atoms with van der Waals surface area (Å²) in [6, 6.07) is 6.04. The molecule has 0 aliphatic heterocycles. The normalized spacial score (nSPS) is 12.2. The van der Waals surface area contributed by atoms with Gasteiger partial charge in [-0.25, -0.2) is 4.79 Å². The lowest BCUT2D eigenvalue weighted by Crippen LogP contribution is -2.33. The van der Waals surface area contributed by atoms with E-state index in [0.29, 0.717) is 11.5 Å². The molecule has 0 aliphatic carbocycles. The van der Waals surface area contributed by atoms with Gasteiger partial charge in [0.05, 0.1) is 5.56 Å². The van der Waals surface area contributed by atoms with Gasteiger partial charge in [-0.2, -0.15) is 0 Å². The zero-order valence-electron chi connectivity index (χ0n) is 10.9. The van der Waals surface area contributed by atoms with Crippen molar-refractivity contribution in [3.63, 3.8) is 0 Å². The highest BCUT2D eigenvalue weighted by Gasteiger charge is 2.11. The van der Waals surface area contributed by atoms with E-state index in [1.165, 1.54) is 24.3 Å². The lowest BCUT2D eigenvalue weighted by molar-refractivity contribution is 0.0696. The van der Waals surface area contributed by atoms with Crippen LogP contribution < -0.4 is 5.32 Å². The van der Waals surface area contributed by atoms with E-state index < -0.39 is 5.97 Å². The zero-order valence-corrected chi connectivity index (χ0v) is 10.9. The van der Waals surface area contributed by atoms with E-state index in [1.807, 2.05) is 6.92 Å². The molecule has 1 aromatic carbocycles. The SMILES string of the molecule is CC(C)CC(C)NC(=O)c1ccc(C(=O)O)cc1. The summed E-state index contributed by atoms with van der Waals surface area (Å²) in [6.07, 6.45) is 0.916. The van der Waals surface area contributed by atoms with Gasteiger partial charge in [-0.05, 0) is 43.5 Å². The highest BCUT2D eigenvalue weighted by Crippen LogP contribution is 2.07. The van der Waals surface area contributed by atoms with Crippen molar-refractivity contribution in [3.05, 3.63) is 35.4 Å². The number of carbonyl (C=O) groups is 2. The van der Waals surface area contributed by atoms with Crippen molar-refractivity contribution in [1.82, 2.24) is 5.32 Å². The molecule has 0 fully saturated rings. The molecule has 0 heterocycles. The Bertz CT molecular complexity index is 423. The van der Waals surface area contributed by atoms with Crippen LogP contribution in [-0.2, 0) is 0 Å². The Morgan fingerprint density at radius 2 is 1.61 bits per heavy atom. The number of carboxylic acid groups (broad SMARTS) is 1. The van der Waals surface area contributed by atoms with Crippen LogP contribution in [0.25, 0.3) is 0 Å². The number of carboxylic acids is 1. The Morgan fingerprint density at radius 3 is 2.06 bits per heavy atom. The van der Waals surface area contributed by atoms with Crippen LogP contribution in [0.1, 0.15) is 47.9 Å².